The fraction of sp³-hybridized carbons (Fsp3) is 0.480. The molecule has 2 aliphatic rings. The molecule has 2 fully saturated rings. The lowest BCUT2D eigenvalue weighted by molar-refractivity contribution is -0.138. The number of nitrogens with one attached hydrogen (secondary N) is 1. The summed E-state index contributed by atoms with van der Waals surface area (Å²) < 4.78 is 116. The van der Waals surface area contributed by atoms with Gasteiger partial charge in [-0.25, -0.2) is 12.8 Å². The normalized spacial score (nSPS) is 20.6. The van der Waals surface area contributed by atoms with Gasteiger partial charge in [0.25, 0.3) is 0 Å². The van der Waals surface area contributed by atoms with Crippen molar-refractivity contribution in [1.29, 1.82) is 0 Å². The van der Waals surface area contributed by atoms with Crippen molar-refractivity contribution in [1.82, 2.24) is 10.2 Å². The van der Waals surface area contributed by atoms with Gasteiger partial charge in [-0.2, -0.15) is 26.3 Å². The first-order valence-electron chi connectivity index (χ1n) is 12.1. The van der Waals surface area contributed by atoms with E-state index in [2.05, 4.69) is 5.32 Å². The van der Waals surface area contributed by atoms with Gasteiger partial charge in [0, 0.05) is 12.1 Å². The van der Waals surface area contributed by atoms with Crippen molar-refractivity contribution < 1.29 is 49.1 Å². The summed E-state index contributed by atoms with van der Waals surface area (Å²) in [5, 5.41) is 13.6. The molecule has 14 heteroatoms. The lowest BCUT2D eigenvalue weighted by Crippen LogP contribution is -2.46. The topological polar surface area (TPSA) is 86.7 Å². The fourth-order valence-electron chi connectivity index (χ4n) is 4.81. The zero-order valence-corrected chi connectivity index (χ0v) is 21.1. The number of aliphatic hydroxyl groups is 1. The number of aliphatic hydroxyl groups excluding tert-OH is 1. The standard InChI is InChI=1S/C25H25F7N2O4S/c26-19-12-16(25(30,31)32)8-9-18(19)21(14-6-7-14)33-22(35)20-5-2-10-34(20)23(36)15-3-1-4-17(11-15)39(37,38)13-24(27,28)29/h1,3-4,8-9,11-12,14,20-21,23,36H,2,5-7,10,13H2,(H,33,35)/t20-,21-,23?/m1/s1. The van der Waals surface area contributed by atoms with E-state index in [1.807, 2.05) is 0 Å². The third kappa shape index (κ3) is 6.90. The minimum Gasteiger partial charge on any atom is -0.374 e. The molecule has 1 aliphatic heterocycles. The first-order valence-corrected chi connectivity index (χ1v) is 13.7. The van der Waals surface area contributed by atoms with Crippen LogP contribution in [0.3, 0.4) is 0 Å². The van der Waals surface area contributed by atoms with Crippen LogP contribution < -0.4 is 5.32 Å². The monoisotopic (exact) mass is 582 g/mol. The number of benzene rings is 2. The summed E-state index contributed by atoms with van der Waals surface area (Å²) >= 11 is 0. The van der Waals surface area contributed by atoms with E-state index in [0.717, 1.165) is 24.3 Å². The zero-order chi connectivity index (χ0) is 28.8. The van der Waals surface area contributed by atoms with E-state index in [1.165, 1.54) is 17.0 Å². The highest BCUT2D eigenvalue weighted by molar-refractivity contribution is 7.91. The van der Waals surface area contributed by atoms with Gasteiger partial charge < -0.3 is 10.4 Å². The van der Waals surface area contributed by atoms with Crippen LogP contribution in [0.4, 0.5) is 30.7 Å². The SMILES string of the molecule is O=C(N[C@@H](c1ccc(C(F)(F)F)cc1F)C1CC1)[C@H]1CCCN1C(O)c1cccc(S(=O)(=O)CC(F)(F)F)c1. The smallest absolute Gasteiger partial charge is 0.374 e. The maximum atomic E-state index is 14.7. The molecular weight excluding hydrogens is 557 g/mol. The van der Waals surface area contributed by atoms with E-state index in [9.17, 15) is 49.1 Å². The average molecular weight is 583 g/mol. The van der Waals surface area contributed by atoms with Crippen molar-refractivity contribution >= 4 is 15.7 Å². The molecule has 0 spiro atoms. The number of sulfone groups is 1. The van der Waals surface area contributed by atoms with E-state index in [4.69, 9.17) is 0 Å². The third-order valence-electron chi connectivity index (χ3n) is 6.83. The maximum Gasteiger partial charge on any atom is 0.416 e. The molecule has 0 aromatic heterocycles. The highest BCUT2D eigenvalue weighted by Crippen LogP contribution is 2.43. The summed E-state index contributed by atoms with van der Waals surface area (Å²) in [6, 6.07) is 4.67. The Morgan fingerprint density at radius 2 is 1.74 bits per heavy atom. The Bertz CT molecular complexity index is 1330. The quantitative estimate of drug-likeness (QED) is 0.433. The van der Waals surface area contributed by atoms with Crippen LogP contribution in [0.15, 0.2) is 47.4 Å². The molecule has 1 unspecified atom stereocenters. The van der Waals surface area contributed by atoms with Crippen molar-refractivity contribution in [2.75, 3.05) is 12.3 Å². The van der Waals surface area contributed by atoms with Crippen LogP contribution >= 0.6 is 0 Å². The molecule has 3 atom stereocenters. The fourth-order valence-corrected chi connectivity index (χ4v) is 6.01. The third-order valence-corrected chi connectivity index (χ3v) is 8.51. The lowest BCUT2D eigenvalue weighted by atomic mass is 9.99. The predicted octanol–water partition coefficient (Wildman–Crippen LogP) is 4.90. The molecule has 0 bridgehead atoms. The van der Waals surface area contributed by atoms with Gasteiger partial charge in [-0.15, -0.1) is 0 Å². The molecule has 6 nitrogen and oxygen atoms in total. The number of nitrogens with zero attached hydrogens (tertiary/aromatic N) is 1. The largest absolute Gasteiger partial charge is 0.416 e. The molecular formula is C25H25F7N2O4S. The van der Waals surface area contributed by atoms with Crippen molar-refractivity contribution in [3.63, 3.8) is 0 Å². The maximum absolute atomic E-state index is 14.7. The van der Waals surface area contributed by atoms with Crippen LogP contribution in [0.25, 0.3) is 0 Å². The second kappa shape index (κ2) is 10.7. The second-order valence-electron chi connectivity index (χ2n) is 9.77. The Kier molecular flexibility index (Phi) is 8.03. The predicted molar refractivity (Wildman–Crippen MR) is 124 cm³/mol. The molecule has 1 saturated heterocycles. The zero-order valence-electron chi connectivity index (χ0n) is 20.3. The second-order valence-corrected chi connectivity index (χ2v) is 11.8. The molecule has 1 aliphatic carbocycles. The van der Waals surface area contributed by atoms with Gasteiger partial charge in [-0.05, 0) is 61.4 Å². The van der Waals surface area contributed by atoms with Gasteiger partial charge in [-0.3, -0.25) is 9.69 Å². The Hall–Kier alpha value is -2.71. The number of hydrogen-bond donors (Lipinski definition) is 2. The van der Waals surface area contributed by atoms with E-state index >= 15 is 0 Å². The molecule has 39 heavy (non-hydrogen) atoms. The summed E-state index contributed by atoms with van der Waals surface area (Å²) in [6.07, 6.45) is -9.27. The molecule has 2 aromatic carbocycles. The molecule has 1 heterocycles. The van der Waals surface area contributed by atoms with Crippen molar-refractivity contribution in [3.05, 3.63) is 65.0 Å². The number of halogens is 7. The van der Waals surface area contributed by atoms with E-state index in [0.29, 0.717) is 25.3 Å². The molecule has 4 rings (SSSR count). The van der Waals surface area contributed by atoms with E-state index in [-0.39, 0.29) is 30.0 Å². The van der Waals surface area contributed by atoms with Crippen LogP contribution in [0.5, 0.6) is 0 Å². The molecule has 0 radical (unpaired) electrons. The molecule has 214 valence electrons. The van der Waals surface area contributed by atoms with Crippen molar-refractivity contribution in [3.8, 4) is 0 Å². The lowest BCUT2D eigenvalue weighted by Gasteiger charge is -2.31. The summed E-state index contributed by atoms with van der Waals surface area (Å²) in [6.45, 7) is 0.196. The van der Waals surface area contributed by atoms with Gasteiger partial charge in [0.1, 0.15) is 12.0 Å². The first-order chi connectivity index (χ1) is 18.1. The Morgan fingerprint density at radius 3 is 2.33 bits per heavy atom. The highest BCUT2D eigenvalue weighted by Gasteiger charge is 2.41. The summed E-state index contributed by atoms with van der Waals surface area (Å²) in [5.74, 6) is -3.97. The number of amides is 1. The number of hydrogen-bond acceptors (Lipinski definition) is 5. The van der Waals surface area contributed by atoms with Gasteiger partial charge in [0.05, 0.1) is 22.5 Å². The molecule has 1 saturated carbocycles. The van der Waals surface area contributed by atoms with Crippen LogP contribution in [0.2, 0.25) is 0 Å². The van der Waals surface area contributed by atoms with Gasteiger partial charge in [-0.1, -0.05) is 18.2 Å². The number of alkyl halides is 6. The number of rotatable bonds is 8. The number of carbonyl (C=O) groups is 1. The summed E-state index contributed by atoms with van der Waals surface area (Å²) in [5.41, 5.74) is -1.29. The highest BCUT2D eigenvalue weighted by atomic mass is 32.2. The van der Waals surface area contributed by atoms with Crippen LogP contribution in [0.1, 0.15) is 54.6 Å². The Balaban J connectivity index is 1.52. The minimum absolute atomic E-state index is 0.0366. The number of likely N-dealkylation sites (tertiary alicyclic amines) is 1. The van der Waals surface area contributed by atoms with Crippen molar-refractivity contribution in [2.24, 2.45) is 5.92 Å². The van der Waals surface area contributed by atoms with Crippen LogP contribution in [-0.2, 0) is 20.8 Å². The van der Waals surface area contributed by atoms with Crippen LogP contribution in [-0.4, -0.2) is 48.8 Å². The summed E-state index contributed by atoms with van der Waals surface area (Å²) in [4.78, 5) is 13.9. The van der Waals surface area contributed by atoms with E-state index < -0.39 is 68.4 Å². The summed E-state index contributed by atoms with van der Waals surface area (Å²) in [7, 11) is -4.73. The average Bonchev–Trinajstić information content (AvgIpc) is 3.55. The first kappa shape index (κ1) is 29.3. The van der Waals surface area contributed by atoms with Gasteiger partial charge >= 0.3 is 12.4 Å². The Labute approximate surface area is 219 Å². The van der Waals surface area contributed by atoms with Crippen LogP contribution in [0, 0.1) is 11.7 Å². The Morgan fingerprint density at radius 1 is 1.05 bits per heavy atom. The van der Waals surface area contributed by atoms with E-state index in [1.54, 1.807) is 0 Å². The van der Waals surface area contributed by atoms with Crippen molar-refractivity contribution in [2.45, 2.75) is 61.2 Å². The van der Waals surface area contributed by atoms with Gasteiger partial charge in [0.15, 0.2) is 15.6 Å². The molecule has 2 aromatic rings. The minimum atomic E-state index is -4.96. The molecule has 1 amide bonds. The molecule has 2 N–H and O–H groups in total. The number of carbonyl (C=O) groups excluding carboxylic acids is 1. The van der Waals surface area contributed by atoms with Gasteiger partial charge in [0.2, 0.25) is 5.91 Å².